The largest absolute Gasteiger partial charge is 0.488 e. The normalized spacial score (nSPS) is 10.3. The average Bonchev–Trinajstić information content (AvgIpc) is 2.39. The molecule has 0 saturated carbocycles. The number of nitrogens with two attached hydrogens (primary N) is 1. The van der Waals surface area contributed by atoms with E-state index < -0.39 is 0 Å². The van der Waals surface area contributed by atoms with Gasteiger partial charge < -0.3 is 10.5 Å². The monoisotopic (exact) mass is 345 g/mol. The summed E-state index contributed by atoms with van der Waals surface area (Å²) in [6, 6.07) is 10.4. The smallest absolute Gasteiger partial charge is 0.131 e. The van der Waals surface area contributed by atoms with E-state index >= 15 is 0 Å². The van der Waals surface area contributed by atoms with Crippen LogP contribution < -0.4 is 10.5 Å². The van der Waals surface area contributed by atoms with Crippen molar-refractivity contribution in [3.8, 4) is 5.75 Å². The van der Waals surface area contributed by atoms with Crippen molar-refractivity contribution in [2.75, 3.05) is 0 Å². The highest BCUT2D eigenvalue weighted by Crippen LogP contribution is 2.28. The maximum absolute atomic E-state index is 6.08. The number of ether oxygens (including phenoxy) is 1. The van der Waals surface area contributed by atoms with Crippen LogP contribution in [0.15, 0.2) is 36.4 Å². The Labute approximate surface area is 137 Å². The van der Waals surface area contributed by atoms with Gasteiger partial charge in [0.25, 0.3) is 0 Å². The van der Waals surface area contributed by atoms with Gasteiger partial charge in [-0.1, -0.05) is 53.1 Å². The minimum absolute atomic E-state index is 0.183. The van der Waals surface area contributed by atoms with Gasteiger partial charge in [-0.15, -0.1) is 0 Å². The molecule has 0 aliphatic rings. The van der Waals surface area contributed by atoms with Gasteiger partial charge in [0.15, 0.2) is 0 Å². The lowest BCUT2D eigenvalue weighted by Gasteiger charge is -2.13. The molecule has 0 aliphatic heterocycles. The summed E-state index contributed by atoms with van der Waals surface area (Å²) < 4.78 is 5.71. The fourth-order valence-corrected chi connectivity index (χ4v) is 2.57. The highest BCUT2D eigenvalue weighted by molar-refractivity contribution is 7.80. The van der Waals surface area contributed by atoms with E-state index in [1.807, 2.05) is 0 Å². The minimum Gasteiger partial charge on any atom is -0.488 e. The third kappa shape index (κ3) is 3.55. The van der Waals surface area contributed by atoms with Gasteiger partial charge in [-0.25, -0.2) is 0 Å². The molecule has 0 aromatic heterocycles. The van der Waals surface area contributed by atoms with Crippen LogP contribution in [-0.2, 0) is 6.61 Å². The van der Waals surface area contributed by atoms with Gasteiger partial charge >= 0.3 is 0 Å². The Morgan fingerprint density at radius 3 is 2.55 bits per heavy atom. The van der Waals surface area contributed by atoms with Crippen LogP contribution in [0.4, 0.5) is 0 Å². The highest BCUT2D eigenvalue weighted by atomic mass is 35.5. The summed E-state index contributed by atoms with van der Waals surface area (Å²) in [6.45, 7) is 0.245. The van der Waals surface area contributed by atoms with Crippen molar-refractivity contribution in [3.63, 3.8) is 0 Å². The lowest BCUT2D eigenvalue weighted by atomic mass is 10.2. The molecular weight excluding hydrogens is 337 g/mol. The Balaban J connectivity index is 2.25. The van der Waals surface area contributed by atoms with E-state index in [0.717, 1.165) is 5.56 Å². The van der Waals surface area contributed by atoms with E-state index in [9.17, 15) is 0 Å². The Morgan fingerprint density at radius 2 is 1.85 bits per heavy atom. The van der Waals surface area contributed by atoms with Crippen molar-refractivity contribution in [1.29, 1.82) is 0 Å². The van der Waals surface area contributed by atoms with E-state index in [4.69, 9.17) is 57.5 Å². The van der Waals surface area contributed by atoms with Crippen molar-refractivity contribution >= 4 is 52.0 Å². The number of rotatable bonds is 4. The molecule has 0 fully saturated rings. The Bertz CT molecular complexity index is 661. The van der Waals surface area contributed by atoms with Crippen molar-refractivity contribution in [2.24, 2.45) is 5.73 Å². The molecule has 2 N–H and O–H groups in total. The lowest BCUT2D eigenvalue weighted by Crippen LogP contribution is -2.12. The molecule has 0 radical (unpaired) electrons. The first kappa shape index (κ1) is 15.4. The van der Waals surface area contributed by atoms with Gasteiger partial charge in [-0.3, -0.25) is 0 Å². The third-order valence-electron chi connectivity index (χ3n) is 2.61. The SMILES string of the molecule is NC(=S)c1c(Cl)cccc1OCc1cc(Cl)ccc1Cl. The van der Waals surface area contributed by atoms with Crippen molar-refractivity contribution in [3.05, 3.63) is 62.6 Å². The molecule has 0 heterocycles. The molecule has 2 aromatic carbocycles. The first-order valence-electron chi connectivity index (χ1n) is 5.64. The summed E-state index contributed by atoms with van der Waals surface area (Å²) in [7, 11) is 0. The van der Waals surface area contributed by atoms with Gasteiger partial charge in [0.2, 0.25) is 0 Å². The van der Waals surface area contributed by atoms with E-state index in [1.165, 1.54) is 0 Å². The second-order valence-corrected chi connectivity index (χ2v) is 5.69. The van der Waals surface area contributed by atoms with Gasteiger partial charge in [0, 0.05) is 15.6 Å². The number of hydrogen-bond acceptors (Lipinski definition) is 2. The maximum atomic E-state index is 6.08. The second-order valence-electron chi connectivity index (χ2n) is 4.00. The van der Waals surface area contributed by atoms with Gasteiger partial charge in [0.05, 0.1) is 10.6 Å². The molecule has 2 nitrogen and oxygen atoms in total. The Morgan fingerprint density at radius 1 is 1.10 bits per heavy atom. The van der Waals surface area contributed by atoms with Gasteiger partial charge in [-0.2, -0.15) is 0 Å². The number of hydrogen-bond donors (Lipinski definition) is 1. The Hall–Kier alpha value is -1.000. The van der Waals surface area contributed by atoms with Crippen LogP contribution in [-0.4, -0.2) is 4.99 Å². The van der Waals surface area contributed by atoms with Crippen molar-refractivity contribution in [1.82, 2.24) is 0 Å². The predicted octanol–water partition coefficient (Wildman–Crippen LogP) is 4.86. The molecule has 2 aromatic rings. The average molecular weight is 347 g/mol. The molecule has 0 saturated heterocycles. The quantitative estimate of drug-likeness (QED) is 0.803. The summed E-state index contributed by atoms with van der Waals surface area (Å²) in [4.78, 5) is 0.183. The standard InChI is InChI=1S/C14H10Cl3NOS/c15-9-4-5-10(16)8(6-9)7-19-12-3-1-2-11(17)13(12)14(18)20/h1-6H,7H2,(H2,18,20). The molecule has 0 aliphatic carbocycles. The molecule has 0 unspecified atom stereocenters. The zero-order valence-electron chi connectivity index (χ0n) is 10.2. The zero-order valence-corrected chi connectivity index (χ0v) is 13.3. The molecule has 0 bridgehead atoms. The topological polar surface area (TPSA) is 35.2 Å². The maximum Gasteiger partial charge on any atom is 0.131 e. The van der Waals surface area contributed by atoms with Crippen LogP contribution in [0.2, 0.25) is 15.1 Å². The van der Waals surface area contributed by atoms with Crippen LogP contribution in [0, 0.1) is 0 Å². The molecule has 6 heteroatoms. The first-order chi connectivity index (χ1) is 9.49. The van der Waals surface area contributed by atoms with Crippen LogP contribution in [0.25, 0.3) is 0 Å². The van der Waals surface area contributed by atoms with Crippen LogP contribution >= 0.6 is 47.0 Å². The van der Waals surface area contributed by atoms with E-state index in [0.29, 0.717) is 26.4 Å². The molecule has 2 rings (SSSR count). The van der Waals surface area contributed by atoms with Crippen molar-refractivity contribution in [2.45, 2.75) is 6.61 Å². The molecule has 0 spiro atoms. The third-order valence-corrected chi connectivity index (χ3v) is 3.74. The first-order valence-corrected chi connectivity index (χ1v) is 7.18. The van der Waals surface area contributed by atoms with E-state index in [2.05, 4.69) is 0 Å². The predicted molar refractivity (Wildman–Crippen MR) is 88.1 cm³/mol. The van der Waals surface area contributed by atoms with E-state index in [-0.39, 0.29) is 11.6 Å². The summed E-state index contributed by atoms with van der Waals surface area (Å²) in [5.41, 5.74) is 6.95. The van der Waals surface area contributed by atoms with E-state index in [1.54, 1.807) is 36.4 Å². The Kier molecular flexibility index (Phi) is 5.11. The minimum atomic E-state index is 0.183. The summed E-state index contributed by atoms with van der Waals surface area (Å²) in [6.07, 6.45) is 0. The van der Waals surface area contributed by atoms with Crippen LogP contribution in [0.5, 0.6) is 5.75 Å². The second kappa shape index (κ2) is 6.64. The molecule has 20 heavy (non-hydrogen) atoms. The molecular formula is C14H10Cl3NOS. The zero-order chi connectivity index (χ0) is 14.7. The number of halogens is 3. The molecule has 0 amide bonds. The molecule has 104 valence electrons. The molecule has 0 atom stereocenters. The fourth-order valence-electron chi connectivity index (χ4n) is 1.67. The number of benzene rings is 2. The highest BCUT2D eigenvalue weighted by Gasteiger charge is 2.12. The van der Waals surface area contributed by atoms with Gasteiger partial charge in [-0.05, 0) is 30.3 Å². The summed E-state index contributed by atoms with van der Waals surface area (Å²) in [5, 5.41) is 1.62. The van der Waals surface area contributed by atoms with Gasteiger partial charge in [0.1, 0.15) is 17.3 Å². The summed E-state index contributed by atoms with van der Waals surface area (Å²) >= 11 is 23.1. The number of thiocarbonyl (C=S) groups is 1. The summed E-state index contributed by atoms with van der Waals surface area (Å²) in [5.74, 6) is 0.515. The fraction of sp³-hybridized carbons (Fsp3) is 0.0714. The van der Waals surface area contributed by atoms with Crippen LogP contribution in [0.1, 0.15) is 11.1 Å². The van der Waals surface area contributed by atoms with Crippen LogP contribution in [0.3, 0.4) is 0 Å². The lowest BCUT2D eigenvalue weighted by molar-refractivity contribution is 0.306. The van der Waals surface area contributed by atoms with Crippen molar-refractivity contribution < 1.29 is 4.74 Å².